The zero-order chi connectivity index (χ0) is 21.8. The number of ketones is 1. The minimum atomic E-state index is -1.72. The number of rotatable bonds is 3. The molecule has 31 heavy (non-hydrogen) atoms. The molecule has 0 aromatic heterocycles. The van der Waals surface area contributed by atoms with Crippen LogP contribution in [0.4, 0.5) is 0 Å². The molecule has 0 radical (unpaired) electrons. The predicted molar refractivity (Wildman–Crippen MR) is 116 cm³/mol. The Kier molecular flexibility index (Phi) is 4.72. The second-order valence-electron chi connectivity index (χ2n) is 8.64. The first-order chi connectivity index (χ1) is 14.9. The fourth-order valence-electron chi connectivity index (χ4n) is 5.09. The number of hydrogen-bond acceptors (Lipinski definition) is 6. The molecule has 2 aliphatic heterocycles. The molecule has 1 fully saturated rings. The third kappa shape index (κ3) is 3.18. The largest absolute Gasteiger partial charge is 0.385 e. The number of aryl methyl sites for hydroxylation is 3. The molecule has 0 amide bonds. The molecule has 160 valence electrons. The monoisotopic (exact) mass is 418 g/mol. The van der Waals surface area contributed by atoms with Crippen LogP contribution in [0.15, 0.2) is 59.4 Å². The molecule has 0 bridgehead atoms. The smallest absolute Gasteiger partial charge is 0.250 e. The van der Waals surface area contributed by atoms with Crippen molar-refractivity contribution >= 4 is 11.5 Å². The van der Waals surface area contributed by atoms with Gasteiger partial charge >= 0.3 is 0 Å². The number of aliphatic hydroxyl groups is 1. The fraction of sp³-hybridized carbons (Fsp3) is 0.360. The van der Waals surface area contributed by atoms with Crippen LogP contribution in [0.5, 0.6) is 0 Å². The number of benzene rings is 2. The molecule has 0 saturated carbocycles. The highest BCUT2D eigenvalue weighted by molar-refractivity contribution is 6.19. The molecule has 0 spiro atoms. The number of carbonyl (C=O) groups is 1. The molecule has 3 aliphatic rings. The molecule has 1 aliphatic carbocycles. The Hall–Kier alpha value is -2.96. The summed E-state index contributed by atoms with van der Waals surface area (Å²) < 4.78 is 5.86. The summed E-state index contributed by atoms with van der Waals surface area (Å²) in [6.45, 7) is 7.55. The van der Waals surface area contributed by atoms with E-state index in [-0.39, 0.29) is 5.78 Å². The minimum absolute atomic E-state index is 0.121. The lowest BCUT2D eigenvalue weighted by molar-refractivity contribution is -0.271. The molecule has 6 nitrogen and oxygen atoms in total. The minimum Gasteiger partial charge on any atom is -0.385 e. The number of carbonyl (C=O) groups excluding carboxylic acids is 1. The second-order valence-corrected chi connectivity index (χ2v) is 8.64. The van der Waals surface area contributed by atoms with Gasteiger partial charge in [0.1, 0.15) is 11.6 Å². The van der Waals surface area contributed by atoms with Gasteiger partial charge in [-0.2, -0.15) is 0 Å². The van der Waals surface area contributed by atoms with Crippen molar-refractivity contribution in [3.63, 3.8) is 0 Å². The topological polar surface area (TPSA) is 71.4 Å². The first-order valence-corrected chi connectivity index (χ1v) is 10.6. The number of fused-ring (bicyclic) bond motifs is 3. The van der Waals surface area contributed by atoms with E-state index in [4.69, 9.17) is 9.57 Å². The van der Waals surface area contributed by atoms with Crippen LogP contribution in [0, 0.1) is 26.7 Å². The summed E-state index contributed by atoms with van der Waals surface area (Å²) in [7, 11) is 0. The van der Waals surface area contributed by atoms with Gasteiger partial charge in [-0.3, -0.25) is 4.79 Å². The average Bonchev–Trinajstić information content (AvgIpc) is 3.16. The molecule has 1 saturated heterocycles. The summed E-state index contributed by atoms with van der Waals surface area (Å²) in [6, 6.07) is 14.1. The Labute approximate surface area is 181 Å². The Morgan fingerprint density at radius 1 is 1.16 bits per heavy atom. The molecule has 3 atom stereocenters. The van der Waals surface area contributed by atoms with Gasteiger partial charge in [0, 0.05) is 24.7 Å². The normalized spacial score (nSPS) is 27.2. The summed E-state index contributed by atoms with van der Waals surface area (Å²) in [6.07, 6.45) is 0.612. The third-order valence-electron chi connectivity index (χ3n) is 6.37. The van der Waals surface area contributed by atoms with Crippen molar-refractivity contribution in [2.45, 2.75) is 39.2 Å². The summed E-state index contributed by atoms with van der Waals surface area (Å²) in [4.78, 5) is 21.0. The van der Waals surface area contributed by atoms with E-state index in [1.165, 1.54) is 6.08 Å². The molecule has 3 unspecified atom stereocenters. The van der Waals surface area contributed by atoms with E-state index in [1.807, 2.05) is 56.0 Å². The zero-order valence-corrected chi connectivity index (χ0v) is 18.0. The van der Waals surface area contributed by atoms with Crippen molar-refractivity contribution < 1.29 is 19.5 Å². The fourth-order valence-corrected chi connectivity index (χ4v) is 5.09. The number of oxime groups is 1. The summed E-state index contributed by atoms with van der Waals surface area (Å²) in [5.41, 5.74) is 6.23. The standard InChI is InChI=1S/C25H26N2O4/c1-15-11-16(2)21(17(3)12-15)23-22-19(28)13-20-25(29,24(22)31-26-23)30-10-9-27(20)14-18-7-5-4-6-8-18/h4-8,11-13,22,24,29H,9-10,14H2,1-3H3. The molecule has 2 aromatic rings. The molecular weight excluding hydrogens is 392 g/mol. The first kappa shape index (κ1) is 20.0. The number of nitrogens with zero attached hydrogens (tertiary/aromatic N) is 2. The third-order valence-corrected chi connectivity index (χ3v) is 6.37. The van der Waals surface area contributed by atoms with Crippen LogP contribution in [-0.4, -0.2) is 46.5 Å². The first-order valence-electron chi connectivity index (χ1n) is 10.6. The van der Waals surface area contributed by atoms with Crippen LogP contribution in [0.1, 0.15) is 27.8 Å². The molecule has 1 N–H and O–H groups in total. The maximum absolute atomic E-state index is 13.3. The lowest BCUT2D eigenvalue weighted by Crippen LogP contribution is -2.61. The van der Waals surface area contributed by atoms with E-state index in [0.29, 0.717) is 31.1 Å². The van der Waals surface area contributed by atoms with Crippen LogP contribution in [0.2, 0.25) is 0 Å². The molecule has 5 rings (SSSR count). The maximum atomic E-state index is 13.3. The van der Waals surface area contributed by atoms with Gasteiger partial charge in [-0.05, 0) is 37.5 Å². The summed E-state index contributed by atoms with van der Waals surface area (Å²) >= 11 is 0. The van der Waals surface area contributed by atoms with Crippen LogP contribution in [-0.2, 0) is 20.9 Å². The van der Waals surface area contributed by atoms with Crippen molar-refractivity contribution in [3.05, 3.63) is 82.1 Å². The lowest BCUT2D eigenvalue weighted by Gasteiger charge is -2.47. The summed E-state index contributed by atoms with van der Waals surface area (Å²) in [5.74, 6) is -2.54. The molecular formula is C25H26N2O4. The van der Waals surface area contributed by atoms with Crippen molar-refractivity contribution in [1.82, 2.24) is 4.90 Å². The molecule has 2 heterocycles. The van der Waals surface area contributed by atoms with Gasteiger partial charge in [-0.1, -0.05) is 53.2 Å². The van der Waals surface area contributed by atoms with Gasteiger partial charge in [-0.15, -0.1) is 0 Å². The van der Waals surface area contributed by atoms with E-state index < -0.39 is 17.8 Å². The van der Waals surface area contributed by atoms with E-state index in [2.05, 4.69) is 17.3 Å². The quantitative estimate of drug-likeness (QED) is 0.830. The van der Waals surface area contributed by atoms with E-state index in [1.54, 1.807) is 0 Å². The molecule has 2 aromatic carbocycles. The number of allylic oxidation sites excluding steroid dienone is 1. The number of ether oxygens (including phenoxy) is 1. The van der Waals surface area contributed by atoms with Gasteiger partial charge in [0.2, 0.25) is 11.9 Å². The van der Waals surface area contributed by atoms with Crippen molar-refractivity contribution in [2.24, 2.45) is 11.1 Å². The predicted octanol–water partition coefficient (Wildman–Crippen LogP) is 3.02. The zero-order valence-electron chi connectivity index (χ0n) is 18.0. The van der Waals surface area contributed by atoms with Gasteiger partial charge < -0.3 is 19.6 Å². The Morgan fingerprint density at radius 2 is 1.87 bits per heavy atom. The highest BCUT2D eigenvalue weighted by atomic mass is 16.7. The number of morpholine rings is 1. The van der Waals surface area contributed by atoms with E-state index in [0.717, 1.165) is 27.8 Å². The van der Waals surface area contributed by atoms with Crippen molar-refractivity contribution in [3.8, 4) is 0 Å². The molecule has 6 heteroatoms. The van der Waals surface area contributed by atoms with Gasteiger partial charge in [0.15, 0.2) is 5.78 Å². The Balaban J connectivity index is 1.52. The highest BCUT2D eigenvalue weighted by Crippen LogP contribution is 2.44. The van der Waals surface area contributed by atoms with E-state index >= 15 is 0 Å². The van der Waals surface area contributed by atoms with Crippen LogP contribution < -0.4 is 0 Å². The SMILES string of the molecule is Cc1cc(C)c(C2=NOC3C2C(=O)C=C2N(Cc4ccccc4)CCOC23O)c(C)c1. The van der Waals surface area contributed by atoms with Crippen molar-refractivity contribution in [2.75, 3.05) is 13.2 Å². The van der Waals surface area contributed by atoms with Gasteiger partial charge in [0.25, 0.3) is 0 Å². The Bertz CT molecular complexity index is 1080. The lowest BCUT2D eigenvalue weighted by atomic mass is 9.77. The van der Waals surface area contributed by atoms with E-state index in [9.17, 15) is 9.90 Å². The van der Waals surface area contributed by atoms with Crippen LogP contribution in [0.3, 0.4) is 0 Å². The van der Waals surface area contributed by atoms with Crippen LogP contribution >= 0.6 is 0 Å². The number of hydrogen-bond donors (Lipinski definition) is 1. The maximum Gasteiger partial charge on any atom is 0.250 e. The Morgan fingerprint density at radius 3 is 2.58 bits per heavy atom. The van der Waals surface area contributed by atoms with Crippen LogP contribution in [0.25, 0.3) is 0 Å². The van der Waals surface area contributed by atoms with Gasteiger partial charge in [0.05, 0.1) is 12.3 Å². The summed E-state index contributed by atoms with van der Waals surface area (Å²) in [5, 5.41) is 15.9. The van der Waals surface area contributed by atoms with Crippen molar-refractivity contribution in [1.29, 1.82) is 0 Å². The highest BCUT2D eigenvalue weighted by Gasteiger charge is 2.60. The second kappa shape index (κ2) is 7.32. The van der Waals surface area contributed by atoms with Gasteiger partial charge in [-0.25, -0.2) is 0 Å². The average molecular weight is 418 g/mol.